The Hall–Kier alpha value is -1.13. The van der Waals surface area contributed by atoms with E-state index in [1.807, 2.05) is 13.0 Å². The maximum Gasteiger partial charge on any atom is 0.303 e. The number of aliphatic hydroxyl groups excluding tert-OH is 2. The molecule has 2 N–H and O–H groups in total. The van der Waals surface area contributed by atoms with E-state index in [-0.39, 0.29) is 40.7 Å². The van der Waals surface area contributed by atoms with E-state index in [2.05, 4.69) is 27.4 Å². The Bertz CT molecular complexity index is 634. The zero-order chi connectivity index (χ0) is 19.4. The average Bonchev–Trinajstić information content (AvgIpc) is 2.47. The van der Waals surface area contributed by atoms with Crippen LogP contribution in [0.3, 0.4) is 0 Å². The highest BCUT2D eigenvalue weighted by Gasteiger charge is 2.55. The first-order chi connectivity index (χ1) is 12.0. The molecule has 0 aromatic rings. The minimum Gasteiger partial charge on any atom is -0.458 e. The molecule has 3 aliphatic carbocycles. The predicted octanol–water partition coefficient (Wildman–Crippen LogP) is 3.62. The fourth-order valence-electron chi connectivity index (χ4n) is 6.35. The summed E-state index contributed by atoms with van der Waals surface area (Å²) >= 11 is 0. The van der Waals surface area contributed by atoms with Crippen LogP contribution in [0.4, 0.5) is 0 Å². The molecule has 3 aliphatic rings. The molecule has 0 aliphatic heterocycles. The lowest BCUT2D eigenvalue weighted by Gasteiger charge is -2.57. The normalized spacial score (nSPS) is 45.0. The molecule has 2 fully saturated rings. The number of ether oxygens (including phenoxy) is 1. The van der Waals surface area contributed by atoms with E-state index in [1.165, 1.54) is 6.92 Å². The van der Waals surface area contributed by atoms with Crippen LogP contribution in [0.25, 0.3) is 0 Å². The molecule has 0 aromatic heterocycles. The van der Waals surface area contributed by atoms with Gasteiger partial charge < -0.3 is 14.9 Å². The lowest BCUT2D eigenvalue weighted by molar-refractivity contribution is -0.149. The number of carbonyl (C=O) groups is 1. The first-order valence-corrected chi connectivity index (χ1v) is 9.87. The van der Waals surface area contributed by atoms with E-state index in [1.54, 1.807) is 0 Å². The molecule has 3 rings (SSSR count). The molecule has 4 heteroatoms. The standard InChI is InChI=1S/C22H34O4/c1-12-9-17(24)16-10-15-13(2)19(26-14(3)23)7-8-22(15,6)11-18(25)20(12)21(16,4)5/h9,15-20,24-25H,2,7-8,10-11H2,1,3-6H3/t15-,16-,17+,18+,19+,20-,22+/m1/s1. The number of rotatable bonds is 1. The molecule has 0 spiro atoms. The van der Waals surface area contributed by atoms with Gasteiger partial charge in [0.05, 0.1) is 12.2 Å². The highest BCUT2D eigenvalue weighted by Crippen LogP contribution is 2.59. The second-order valence-electron chi connectivity index (χ2n) is 9.73. The average molecular weight is 363 g/mol. The van der Waals surface area contributed by atoms with Crippen molar-refractivity contribution >= 4 is 5.97 Å². The largest absolute Gasteiger partial charge is 0.458 e. The van der Waals surface area contributed by atoms with Crippen molar-refractivity contribution in [2.24, 2.45) is 28.6 Å². The van der Waals surface area contributed by atoms with E-state index in [0.29, 0.717) is 6.42 Å². The Balaban J connectivity index is 2.01. The number of hydrogen-bond acceptors (Lipinski definition) is 4. The number of esters is 1. The third kappa shape index (κ3) is 3.05. The molecule has 0 radical (unpaired) electrons. The van der Waals surface area contributed by atoms with E-state index in [9.17, 15) is 15.0 Å². The molecule has 146 valence electrons. The van der Waals surface area contributed by atoms with Gasteiger partial charge >= 0.3 is 5.97 Å². The molecule has 0 heterocycles. The molecule has 26 heavy (non-hydrogen) atoms. The topological polar surface area (TPSA) is 66.8 Å². The van der Waals surface area contributed by atoms with Crippen LogP contribution in [0, 0.1) is 28.6 Å². The minimum atomic E-state index is -0.516. The smallest absolute Gasteiger partial charge is 0.303 e. The number of carbonyl (C=O) groups excluding carboxylic acids is 1. The van der Waals surface area contributed by atoms with Gasteiger partial charge in [-0.05, 0) is 60.8 Å². The van der Waals surface area contributed by atoms with Gasteiger partial charge in [0, 0.05) is 12.8 Å². The van der Waals surface area contributed by atoms with Crippen molar-refractivity contribution in [3.63, 3.8) is 0 Å². The molecule has 0 amide bonds. The molecule has 2 saturated carbocycles. The van der Waals surface area contributed by atoms with Gasteiger partial charge in [-0.25, -0.2) is 0 Å². The van der Waals surface area contributed by atoms with Crippen molar-refractivity contribution in [3.8, 4) is 0 Å². The lowest BCUT2D eigenvalue weighted by Crippen LogP contribution is -2.54. The van der Waals surface area contributed by atoms with Crippen molar-refractivity contribution in [1.82, 2.24) is 0 Å². The summed E-state index contributed by atoms with van der Waals surface area (Å²) in [4.78, 5) is 11.5. The molecular weight excluding hydrogens is 328 g/mol. The Morgan fingerprint density at radius 3 is 2.58 bits per heavy atom. The van der Waals surface area contributed by atoms with E-state index in [0.717, 1.165) is 30.4 Å². The maximum absolute atomic E-state index is 11.5. The summed E-state index contributed by atoms with van der Waals surface area (Å²) in [7, 11) is 0. The highest BCUT2D eigenvalue weighted by atomic mass is 16.5. The van der Waals surface area contributed by atoms with Crippen LogP contribution < -0.4 is 0 Å². The van der Waals surface area contributed by atoms with Crippen LogP contribution in [0.2, 0.25) is 0 Å². The van der Waals surface area contributed by atoms with Gasteiger partial charge in [-0.2, -0.15) is 0 Å². The number of aliphatic hydroxyl groups is 2. The molecule has 0 aromatic carbocycles. The van der Waals surface area contributed by atoms with Crippen molar-refractivity contribution in [1.29, 1.82) is 0 Å². The fraction of sp³-hybridized carbons (Fsp3) is 0.773. The predicted molar refractivity (Wildman–Crippen MR) is 101 cm³/mol. The lowest BCUT2D eigenvalue weighted by atomic mass is 9.49. The Morgan fingerprint density at radius 1 is 1.31 bits per heavy atom. The summed E-state index contributed by atoms with van der Waals surface area (Å²) in [5, 5.41) is 22.0. The van der Waals surface area contributed by atoms with E-state index < -0.39 is 12.2 Å². The van der Waals surface area contributed by atoms with Crippen LogP contribution in [0.15, 0.2) is 23.8 Å². The Morgan fingerprint density at radius 2 is 1.96 bits per heavy atom. The molecular formula is C22H34O4. The summed E-state index contributed by atoms with van der Waals surface area (Å²) in [6.07, 6.45) is 3.90. The highest BCUT2D eigenvalue weighted by molar-refractivity contribution is 5.66. The quantitative estimate of drug-likeness (QED) is 0.552. The summed E-state index contributed by atoms with van der Waals surface area (Å²) in [6, 6.07) is 0. The van der Waals surface area contributed by atoms with Crippen molar-refractivity contribution in [3.05, 3.63) is 23.8 Å². The van der Waals surface area contributed by atoms with Gasteiger partial charge in [0.2, 0.25) is 0 Å². The summed E-state index contributed by atoms with van der Waals surface area (Å²) < 4.78 is 5.52. The summed E-state index contributed by atoms with van der Waals surface area (Å²) in [5.74, 6) is -0.0411. The molecule has 0 saturated heterocycles. The third-order valence-corrected chi connectivity index (χ3v) is 7.63. The summed E-state index contributed by atoms with van der Waals surface area (Å²) in [5.41, 5.74) is 1.76. The molecule has 7 atom stereocenters. The van der Waals surface area contributed by atoms with Crippen molar-refractivity contribution in [2.45, 2.75) is 78.6 Å². The maximum atomic E-state index is 11.5. The Kier molecular flexibility index (Phi) is 4.90. The van der Waals surface area contributed by atoms with Crippen LogP contribution in [-0.2, 0) is 9.53 Å². The van der Waals surface area contributed by atoms with Crippen LogP contribution in [0.1, 0.15) is 60.3 Å². The van der Waals surface area contributed by atoms with Gasteiger partial charge in [0.15, 0.2) is 0 Å². The second kappa shape index (κ2) is 6.49. The van der Waals surface area contributed by atoms with Crippen LogP contribution in [-0.4, -0.2) is 34.5 Å². The number of hydrogen-bond donors (Lipinski definition) is 2. The van der Waals surface area contributed by atoms with Gasteiger partial charge in [0.1, 0.15) is 6.10 Å². The molecule has 4 nitrogen and oxygen atoms in total. The first kappa shape index (κ1) is 19.6. The van der Waals surface area contributed by atoms with Gasteiger partial charge in [-0.15, -0.1) is 0 Å². The van der Waals surface area contributed by atoms with Crippen LogP contribution in [0.5, 0.6) is 0 Å². The van der Waals surface area contributed by atoms with Gasteiger partial charge in [0.25, 0.3) is 0 Å². The SMILES string of the molecule is C=C1[C@@H](OC(C)=O)CC[C@@]2(C)C[C@H](O)[C@H]3C(C)=C[C@H](O)[C@@H](C[C@H]12)C3(C)C. The van der Waals surface area contributed by atoms with Crippen molar-refractivity contribution < 1.29 is 19.7 Å². The zero-order valence-electron chi connectivity index (χ0n) is 16.8. The van der Waals surface area contributed by atoms with Gasteiger partial charge in [-0.3, -0.25) is 4.79 Å². The van der Waals surface area contributed by atoms with E-state index in [4.69, 9.17) is 4.74 Å². The fourth-order valence-corrected chi connectivity index (χ4v) is 6.35. The summed E-state index contributed by atoms with van der Waals surface area (Å²) in [6.45, 7) is 14.4. The minimum absolute atomic E-state index is 0.0447. The monoisotopic (exact) mass is 362 g/mol. The Labute approximate surface area is 157 Å². The second-order valence-corrected chi connectivity index (χ2v) is 9.73. The molecule has 0 unspecified atom stereocenters. The third-order valence-electron chi connectivity index (χ3n) is 7.63. The zero-order valence-corrected chi connectivity index (χ0v) is 16.8. The first-order valence-electron chi connectivity index (χ1n) is 9.87. The van der Waals surface area contributed by atoms with E-state index >= 15 is 0 Å². The number of fused-ring (bicyclic) bond motifs is 3. The molecule has 2 bridgehead atoms. The van der Waals surface area contributed by atoms with Crippen LogP contribution >= 0.6 is 0 Å². The van der Waals surface area contributed by atoms with Gasteiger partial charge in [-0.1, -0.05) is 39.0 Å². The van der Waals surface area contributed by atoms with Crippen molar-refractivity contribution in [2.75, 3.05) is 0 Å².